The average Bonchev–Trinajstić information content (AvgIpc) is 2.87. The van der Waals surface area contributed by atoms with Crippen LogP contribution in [0.15, 0.2) is 11.1 Å². The van der Waals surface area contributed by atoms with Gasteiger partial charge in [0.1, 0.15) is 12.9 Å². The van der Waals surface area contributed by atoms with E-state index in [1.165, 1.54) is 6.33 Å². The molecule has 11 nitrogen and oxygen atoms in total. The Morgan fingerprint density at radius 2 is 2.27 bits per heavy atom. The number of hydrogen-bond acceptors (Lipinski definition) is 9. The van der Waals surface area contributed by atoms with Crippen LogP contribution in [0.1, 0.15) is 6.92 Å². The van der Waals surface area contributed by atoms with Crippen molar-refractivity contribution in [1.29, 1.82) is 0 Å². The van der Waals surface area contributed by atoms with Crippen molar-refractivity contribution >= 4 is 25.6 Å². The van der Waals surface area contributed by atoms with Gasteiger partial charge in [-0.25, -0.2) is 4.98 Å². The lowest BCUT2D eigenvalue weighted by molar-refractivity contribution is -0.298. The predicted octanol–water partition coefficient (Wildman–Crippen LogP) is -0.921. The zero-order chi connectivity index (χ0) is 16.2. The zero-order valence-electron chi connectivity index (χ0n) is 11.6. The molecule has 0 aliphatic rings. The van der Waals surface area contributed by atoms with Crippen LogP contribution in [-0.2, 0) is 14.0 Å². The van der Waals surface area contributed by atoms with Crippen LogP contribution in [0.4, 0.5) is 5.95 Å². The van der Waals surface area contributed by atoms with E-state index in [4.69, 9.17) is 20.0 Å². The van der Waals surface area contributed by atoms with Crippen LogP contribution < -0.4 is 16.1 Å². The van der Waals surface area contributed by atoms with Gasteiger partial charge in [-0.2, -0.15) is 9.71 Å². The fourth-order valence-electron chi connectivity index (χ4n) is 1.59. The Bertz CT molecular complexity index is 717. The molecule has 0 amide bonds. The van der Waals surface area contributed by atoms with Gasteiger partial charge < -0.3 is 25.2 Å². The van der Waals surface area contributed by atoms with Crippen LogP contribution in [0.25, 0.3) is 11.2 Å². The summed E-state index contributed by atoms with van der Waals surface area (Å²) in [7, 11) is -0.726. The van der Waals surface area contributed by atoms with Crippen molar-refractivity contribution in [1.82, 2.24) is 19.7 Å². The number of anilines is 1. The van der Waals surface area contributed by atoms with Gasteiger partial charge in [0.25, 0.3) is 14.0 Å². The topological polar surface area (TPSA) is 155 Å². The van der Waals surface area contributed by atoms with E-state index in [2.05, 4.69) is 15.0 Å². The smallest absolute Gasteiger partial charge is 0.366 e. The van der Waals surface area contributed by atoms with E-state index < -0.39 is 19.7 Å². The monoisotopic (exact) mass is 331 g/mol. The number of ether oxygens (including phenoxy) is 2. The van der Waals surface area contributed by atoms with E-state index in [9.17, 15) is 14.5 Å². The van der Waals surface area contributed by atoms with Crippen molar-refractivity contribution in [2.24, 2.45) is 0 Å². The summed E-state index contributed by atoms with van der Waals surface area (Å²) in [6, 6.07) is 0. The average molecular weight is 331 g/mol. The standard InChI is InChI=1S/C10H14N5O6P/c1-2-19-10(17,22-18)20-3-4-21-15-5-12-6-7(15)13-9(11)14-8(6)16/h5,17H,2-4H2,1H3,(H3,11,13,14,16). The van der Waals surface area contributed by atoms with Crippen LogP contribution in [0.5, 0.6) is 0 Å². The van der Waals surface area contributed by atoms with E-state index >= 15 is 0 Å². The first-order valence-electron chi connectivity index (χ1n) is 6.20. The Morgan fingerprint density at radius 1 is 1.50 bits per heavy atom. The first kappa shape index (κ1) is 16.3. The second-order valence-electron chi connectivity index (χ2n) is 3.95. The molecule has 0 aliphatic heterocycles. The number of nitrogens with one attached hydrogen (secondary N) is 1. The number of H-pyrrole nitrogens is 1. The molecule has 0 fully saturated rings. The number of rotatable bonds is 8. The summed E-state index contributed by atoms with van der Waals surface area (Å²) >= 11 is 0. The maximum Gasteiger partial charge on any atom is 0.366 e. The fourth-order valence-corrected chi connectivity index (χ4v) is 1.92. The summed E-state index contributed by atoms with van der Waals surface area (Å²) in [5.74, 6) is -0.0741. The molecule has 22 heavy (non-hydrogen) atoms. The Labute approximate surface area is 125 Å². The molecule has 1 atom stereocenters. The third-order valence-corrected chi connectivity index (χ3v) is 2.94. The predicted molar refractivity (Wildman–Crippen MR) is 74.1 cm³/mol. The summed E-state index contributed by atoms with van der Waals surface area (Å²) in [5.41, 5.74) is 2.95. The maximum atomic E-state index is 11.6. The number of aromatic nitrogens is 4. The fraction of sp³-hybridized carbons (Fsp3) is 0.500. The molecule has 2 heterocycles. The van der Waals surface area contributed by atoms with E-state index in [0.717, 1.165) is 4.73 Å². The first-order valence-corrected chi connectivity index (χ1v) is 7.01. The molecule has 120 valence electrons. The lowest BCUT2D eigenvalue weighted by atomic mass is 10.5. The van der Waals surface area contributed by atoms with Crippen molar-refractivity contribution in [2.45, 2.75) is 12.6 Å². The first-order chi connectivity index (χ1) is 10.5. The molecule has 0 saturated heterocycles. The van der Waals surface area contributed by atoms with Gasteiger partial charge in [0.15, 0.2) is 5.52 Å². The van der Waals surface area contributed by atoms with E-state index in [1.54, 1.807) is 6.92 Å². The van der Waals surface area contributed by atoms with Crippen LogP contribution >= 0.6 is 8.46 Å². The van der Waals surface area contributed by atoms with Crippen LogP contribution in [0, 0.1) is 0 Å². The SMILES string of the molecule is CCOC(O)(OCCOn1cnc2c(=O)[nH]c(N)nc21)P=O. The number of nitrogens with two attached hydrogens (primary N) is 1. The highest BCUT2D eigenvalue weighted by Crippen LogP contribution is 2.22. The van der Waals surface area contributed by atoms with E-state index in [1.807, 2.05) is 0 Å². The number of imidazole rings is 1. The highest BCUT2D eigenvalue weighted by Gasteiger charge is 2.29. The zero-order valence-corrected chi connectivity index (χ0v) is 12.4. The van der Waals surface area contributed by atoms with Crippen molar-refractivity contribution in [3.05, 3.63) is 16.7 Å². The van der Waals surface area contributed by atoms with Gasteiger partial charge in [-0.05, 0) is 6.92 Å². The molecule has 2 aromatic heterocycles. The molecule has 0 radical (unpaired) electrons. The van der Waals surface area contributed by atoms with Gasteiger partial charge in [-0.15, -0.1) is 0 Å². The highest BCUT2D eigenvalue weighted by atomic mass is 31.1. The van der Waals surface area contributed by atoms with Crippen molar-refractivity contribution < 1.29 is 24.0 Å². The Balaban J connectivity index is 1.98. The Hall–Kier alpha value is -2.07. The number of nitrogen functional groups attached to an aromatic ring is 1. The van der Waals surface area contributed by atoms with Gasteiger partial charge in [0.2, 0.25) is 11.6 Å². The Morgan fingerprint density at radius 3 is 2.95 bits per heavy atom. The molecule has 0 bridgehead atoms. The number of aliphatic hydroxyl groups is 1. The summed E-state index contributed by atoms with van der Waals surface area (Å²) in [5, 5.41) is 9.60. The molecule has 0 aliphatic carbocycles. The maximum absolute atomic E-state index is 11.6. The second kappa shape index (κ2) is 6.79. The van der Waals surface area contributed by atoms with Crippen LogP contribution in [0.2, 0.25) is 0 Å². The summed E-state index contributed by atoms with van der Waals surface area (Å²) in [6.45, 7) is 1.54. The number of fused-ring (bicyclic) bond motifs is 1. The largest absolute Gasteiger partial charge is 0.408 e. The minimum absolute atomic E-state index is 0.0508. The summed E-state index contributed by atoms with van der Waals surface area (Å²) in [4.78, 5) is 26.9. The Kier molecular flexibility index (Phi) is 5.03. The van der Waals surface area contributed by atoms with Crippen molar-refractivity contribution in [2.75, 3.05) is 25.6 Å². The third-order valence-electron chi connectivity index (χ3n) is 2.45. The van der Waals surface area contributed by atoms with Crippen LogP contribution in [0.3, 0.4) is 0 Å². The quantitative estimate of drug-likeness (QED) is 0.316. The lowest BCUT2D eigenvalue weighted by Crippen LogP contribution is -2.31. The second-order valence-corrected chi connectivity index (χ2v) is 4.70. The van der Waals surface area contributed by atoms with E-state index in [0.29, 0.717) is 0 Å². The number of nitrogens with zero attached hydrogens (tertiary/aromatic N) is 3. The molecular formula is C10H14N5O6P. The van der Waals surface area contributed by atoms with Gasteiger partial charge in [-0.1, -0.05) is 0 Å². The molecule has 0 saturated carbocycles. The molecule has 1 unspecified atom stereocenters. The van der Waals surface area contributed by atoms with Gasteiger partial charge >= 0.3 is 5.71 Å². The number of hydrogen-bond donors (Lipinski definition) is 3. The molecular weight excluding hydrogens is 317 g/mol. The van der Waals surface area contributed by atoms with Crippen molar-refractivity contribution in [3.8, 4) is 0 Å². The van der Waals surface area contributed by atoms with E-state index in [-0.39, 0.29) is 36.9 Å². The normalized spacial score (nSPS) is 14.3. The summed E-state index contributed by atoms with van der Waals surface area (Å²) in [6.07, 6.45) is 1.24. The van der Waals surface area contributed by atoms with Crippen LogP contribution in [-0.4, -0.2) is 50.3 Å². The number of aromatic amines is 1. The highest BCUT2D eigenvalue weighted by molar-refractivity contribution is 7.25. The minimum Gasteiger partial charge on any atom is -0.408 e. The minimum atomic E-state index is -2.21. The third kappa shape index (κ3) is 3.57. The van der Waals surface area contributed by atoms with Gasteiger partial charge in [0.05, 0.1) is 13.2 Å². The summed E-state index contributed by atoms with van der Waals surface area (Å²) < 4.78 is 21.6. The lowest BCUT2D eigenvalue weighted by Gasteiger charge is -2.19. The molecule has 2 aromatic rings. The van der Waals surface area contributed by atoms with Crippen molar-refractivity contribution in [3.63, 3.8) is 0 Å². The van der Waals surface area contributed by atoms with Gasteiger partial charge in [0, 0.05) is 0 Å². The van der Waals surface area contributed by atoms with Gasteiger partial charge in [-0.3, -0.25) is 14.3 Å². The molecule has 0 aromatic carbocycles. The molecule has 4 N–H and O–H groups in total. The molecule has 12 heteroatoms. The molecule has 0 spiro atoms. The molecule has 2 rings (SSSR count).